The van der Waals surface area contributed by atoms with Crippen molar-refractivity contribution in [3.8, 4) is 6.07 Å². The van der Waals surface area contributed by atoms with Gasteiger partial charge >= 0.3 is 0 Å². The third kappa shape index (κ3) is 5.99. The molecule has 1 amide bonds. The molecular formula is C19H26FN3O4S. The zero-order chi connectivity index (χ0) is 20.6. The maximum Gasteiger partial charge on any atom is 0.242 e. The summed E-state index contributed by atoms with van der Waals surface area (Å²) in [6.07, 6.45) is 2.32. The van der Waals surface area contributed by atoms with Gasteiger partial charge in [-0.15, -0.1) is 0 Å². The van der Waals surface area contributed by atoms with Crippen molar-refractivity contribution >= 4 is 15.9 Å². The number of hydrogen-bond donors (Lipinski definition) is 0. The molecule has 1 aromatic rings. The lowest BCUT2D eigenvalue weighted by Crippen LogP contribution is -2.44. The standard InChI is InChI=1S/C19H26FN3O4S/c1-22(28(25,26)18-7-5-16(20)6-8-18)12-2-4-19(24)23(13-3-11-21)17-9-14-27-15-10-17/h5-8,17H,2-4,9-10,12-15H2,1H3. The normalized spacial score (nSPS) is 15.4. The first-order valence-corrected chi connectivity index (χ1v) is 10.8. The summed E-state index contributed by atoms with van der Waals surface area (Å²) in [6.45, 7) is 1.74. The highest BCUT2D eigenvalue weighted by atomic mass is 32.2. The van der Waals surface area contributed by atoms with E-state index in [-0.39, 0.29) is 36.2 Å². The van der Waals surface area contributed by atoms with Crippen molar-refractivity contribution in [2.75, 3.05) is 33.4 Å². The van der Waals surface area contributed by atoms with Crippen LogP contribution in [0.15, 0.2) is 29.2 Å². The van der Waals surface area contributed by atoms with Crippen molar-refractivity contribution in [1.29, 1.82) is 5.26 Å². The molecule has 9 heteroatoms. The van der Waals surface area contributed by atoms with Gasteiger partial charge < -0.3 is 9.64 Å². The molecule has 7 nitrogen and oxygen atoms in total. The maximum absolute atomic E-state index is 13.0. The lowest BCUT2D eigenvalue weighted by atomic mass is 10.1. The zero-order valence-electron chi connectivity index (χ0n) is 16.0. The number of sulfonamides is 1. The summed E-state index contributed by atoms with van der Waals surface area (Å²) < 4.78 is 44.5. The van der Waals surface area contributed by atoms with Crippen LogP contribution in [0.2, 0.25) is 0 Å². The lowest BCUT2D eigenvalue weighted by molar-refractivity contribution is -0.135. The molecule has 0 unspecified atom stereocenters. The Balaban J connectivity index is 1.91. The van der Waals surface area contributed by atoms with E-state index in [9.17, 15) is 17.6 Å². The van der Waals surface area contributed by atoms with Crippen LogP contribution in [0.4, 0.5) is 4.39 Å². The Kier molecular flexibility index (Phi) is 8.35. The average Bonchev–Trinajstić information content (AvgIpc) is 2.69. The van der Waals surface area contributed by atoms with E-state index in [0.717, 1.165) is 25.0 Å². The van der Waals surface area contributed by atoms with E-state index in [1.54, 1.807) is 4.90 Å². The average molecular weight is 411 g/mol. The van der Waals surface area contributed by atoms with Gasteiger partial charge in [-0.3, -0.25) is 4.79 Å². The summed E-state index contributed by atoms with van der Waals surface area (Å²) in [5.74, 6) is -0.576. The Labute approximate surface area is 165 Å². The SMILES string of the molecule is CN(CCCC(=O)N(CCC#N)C1CCOCC1)S(=O)(=O)c1ccc(F)cc1. The third-order valence-electron chi connectivity index (χ3n) is 4.80. The monoisotopic (exact) mass is 411 g/mol. The number of nitrogens with zero attached hydrogens (tertiary/aromatic N) is 3. The largest absolute Gasteiger partial charge is 0.381 e. The Hall–Kier alpha value is -2.02. The van der Waals surface area contributed by atoms with Gasteiger partial charge in [0.05, 0.1) is 17.4 Å². The molecule has 0 aromatic heterocycles. The van der Waals surface area contributed by atoms with Gasteiger partial charge in [-0.2, -0.15) is 5.26 Å². The van der Waals surface area contributed by atoms with Crippen molar-refractivity contribution in [2.45, 2.75) is 43.0 Å². The number of halogens is 1. The summed E-state index contributed by atoms with van der Waals surface area (Å²) in [5.41, 5.74) is 0. The number of amides is 1. The second-order valence-corrected chi connectivity index (χ2v) is 8.77. The summed E-state index contributed by atoms with van der Waals surface area (Å²) in [6, 6.07) is 6.79. The number of rotatable bonds is 9. The van der Waals surface area contributed by atoms with Gasteiger partial charge in [0.1, 0.15) is 5.82 Å². The first-order chi connectivity index (χ1) is 13.4. The van der Waals surface area contributed by atoms with Gasteiger partial charge in [0.25, 0.3) is 0 Å². The Morgan fingerprint density at radius 3 is 2.50 bits per heavy atom. The van der Waals surface area contributed by atoms with Gasteiger partial charge in [-0.1, -0.05) is 0 Å². The second kappa shape index (κ2) is 10.5. The summed E-state index contributed by atoms with van der Waals surface area (Å²) in [5, 5.41) is 8.85. The molecular weight excluding hydrogens is 385 g/mol. The minimum atomic E-state index is -3.73. The molecule has 1 fully saturated rings. The molecule has 0 N–H and O–H groups in total. The quantitative estimate of drug-likeness (QED) is 0.621. The first-order valence-electron chi connectivity index (χ1n) is 9.32. The minimum Gasteiger partial charge on any atom is -0.381 e. The maximum atomic E-state index is 13.0. The van der Waals surface area contributed by atoms with Gasteiger partial charge in [0.2, 0.25) is 15.9 Å². The van der Waals surface area contributed by atoms with Gasteiger partial charge in [-0.05, 0) is 43.5 Å². The Morgan fingerprint density at radius 1 is 1.25 bits per heavy atom. The molecule has 1 aliphatic heterocycles. The van der Waals surface area contributed by atoms with E-state index in [1.165, 1.54) is 23.5 Å². The van der Waals surface area contributed by atoms with Crippen LogP contribution in [-0.4, -0.2) is 62.9 Å². The smallest absolute Gasteiger partial charge is 0.242 e. The molecule has 2 rings (SSSR count). The molecule has 0 spiro atoms. The van der Waals surface area contributed by atoms with E-state index < -0.39 is 15.8 Å². The number of benzene rings is 1. The van der Waals surface area contributed by atoms with Crippen LogP contribution >= 0.6 is 0 Å². The number of hydrogen-bond acceptors (Lipinski definition) is 5. The summed E-state index contributed by atoms with van der Waals surface area (Å²) in [7, 11) is -2.29. The fourth-order valence-electron chi connectivity index (χ4n) is 3.18. The topological polar surface area (TPSA) is 90.7 Å². The van der Waals surface area contributed by atoms with Gasteiger partial charge in [-0.25, -0.2) is 17.1 Å². The number of carbonyl (C=O) groups is 1. The predicted octanol–water partition coefficient (Wildman–Crippen LogP) is 2.15. The molecule has 1 heterocycles. The molecule has 0 atom stereocenters. The molecule has 1 saturated heterocycles. The first kappa shape index (κ1) is 22.3. The fraction of sp³-hybridized carbons (Fsp3) is 0.579. The zero-order valence-corrected chi connectivity index (χ0v) is 16.8. The van der Waals surface area contributed by atoms with Gasteiger partial charge in [0.15, 0.2) is 0 Å². The summed E-state index contributed by atoms with van der Waals surface area (Å²) in [4.78, 5) is 14.4. The van der Waals surface area contributed by atoms with E-state index in [4.69, 9.17) is 10.00 Å². The number of ether oxygens (including phenoxy) is 1. The van der Waals surface area contributed by atoms with Crippen LogP contribution in [-0.2, 0) is 19.6 Å². The highest BCUT2D eigenvalue weighted by molar-refractivity contribution is 7.89. The van der Waals surface area contributed by atoms with Crippen molar-refractivity contribution in [3.05, 3.63) is 30.1 Å². The molecule has 0 saturated carbocycles. The van der Waals surface area contributed by atoms with Crippen molar-refractivity contribution in [1.82, 2.24) is 9.21 Å². The fourth-order valence-corrected chi connectivity index (χ4v) is 4.39. The summed E-state index contributed by atoms with van der Waals surface area (Å²) >= 11 is 0. The predicted molar refractivity (Wildman–Crippen MR) is 101 cm³/mol. The van der Waals surface area contributed by atoms with Crippen LogP contribution in [0, 0.1) is 17.1 Å². The Bertz CT molecular complexity index is 786. The van der Waals surface area contributed by atoms with Crippen LogP contribution in [0.3, 0.4) is 0 Å². The molecule has 28 heavy (non-hydrogen) atoms. The third-order valence-corrected chi connectivity index (χ3v) is 6.67. The van der Waals surface area contributed by atoms with Crippen LogP contribution in [0.5, 0.6) is 0 Å². The molecule has 1 aliphatic rings. The molecule has 1 aromatic carbocycles. The van der Waals surface area contributed by atoms with E-state index in [2.05, 4.69) is 6.07 Å². The highest BCUT2D eigenvalue weighted by Gasteiger charge is 2.26. The van der Waals surface area contributed by atoms with E-state index in [1.807, 2.05) is 0 Å². The van der Waals surface area contributed by atoms with E-state index in [0.29, 0.717) is 26.2 Å². The molecule has 154 valence electrons. The lowest BCUT2D eigenvalue weighted by Gasteiger charge is -2.34. The highest BCUT2D eigenvalue weighted by Crippen LogP contribution is 2.18. The molecule has 0 aliphatic carbocycles. The minimum absolute atomic E-state index is 0.0144. The molecule has 0 bridgehead atoms. The van der Waals surface area contributed by atoms with Gasteiger partial charge in [0, 0.05) is 45.8 Å². The Morgan fingerprint density at radius 2 is 1.89 bits per heavy atom. The van der Waals surface area contributed by atoms with Crippen LogP contribution < -0.4 is 0 Å². The second-order valence-electron chi connectivity index (χ2n) is 6.72. The van der Waals surface area contributed by atoms with E-state index >= 15 is 0 Å². The van der Waals surface area contributed by atoms with Crippen molar-refractivity contribution in [3.63, 3.8) is 0 Å². The van der Waals surface area contributed by atoms with Crippen molar-refractivity contribution < 1.29 is 22.3 Å². The number of carbonyl (C=O) groups excluding carboxylic acids is 1. The number of nitriles is 1. The van der Waals surface area contributed by atoms with Crippen molar-refractivity contribution in [2.24, 2.45) is 0 Å². The van der Waals surface area contributed by atoms with Crippen LogP contribution in [0.25, 0.3) is 0 Å². The molecule has 0 radical (unpaired) electrons. The van der Waals surface area contributed by atoms with Crippen LogP contribution in [0.1, 0.15) is 32.1 Å².